The molecule has 0 fully saturated rings. The van der Waals surface area contributed by atoms with Crippen molar-refractivity contribution in [1.82, 2.24) is 14.6 Å². The molecule has 0 aromatic carbocycles. The quantitative estimate of drug-likeness (QED) is 0.730. The Kier molecular flexibility index (Phi) is 3.26. The predicted molar refractivity (Wildman–Crippen MR) is 74.5 cm³/mol. The normalized spacial score (nSPS) is 11.2. The molecule has 0 spiro atoms. The van der Waals surface area contributed by atoms with Gasteiger partial charge in [0.25, 0.3) is 0 Å². The van der Waals surface area contributed by atoms with Gasteiger partial charge in [-0.05, 0) is 11.4 Å². The number of rotatable bonds is 5. The fourth-order valence-corrected chi connectivity index (χ4v) is 3.14. The zero-order valence-corrected chi connectivity index (χ0v) is 11.4. The molecule has 5 nitrogen and oxygen atoms in total. The molecule has 94 valence electrons. The Bertz CT molecular complexity index is 629. The standard InChI is InChI=1S/C11H12N4OS2/c1-16-5-4-12-10-14-15-8(7-13-11(15)18-10)9-3-2-6-17-9/h2-3,6-7H,4-5H2,1H3,(H,12,14). The van der Waals surface area contributed by atoms with E-state index in [1.807, 2.05) is 16.8 Å². The van der Waals surface area contributed by atoms with Crippen molar-refractivity contribution in [2.75, 3.05) is 25.6 Å². The lowest BCUT2D eigenvalue weighted by Crippen LogP contribution is -2.07. The minimum absolute atomic E-state index is 0.666. The summed E-state index contributed by atoms with van der Waals surface area (Å²) in [5.41, 5.74) is 1.04. The molecule has 0 radical (unpaired) electrons. The molecular formula is C11H12N4OS2. The lowest BCUT2D eigenvalue weighted by molar-refractivity contribution is 0.210. The van der Waals surface area contributed by atoms with Crippen molar-refractivity contribution >= 4 is 32.8 Å². The number of nitrogens with zero attached hydrogens (tertiary/aromatic N) is 3. The van der Waals surface area contributed by atoms with E-state index in [2.05, 4.69) is 26.8 Å². The summed E-state index contributed by atoms with van der Waals surface area (Å²) in [6.45, 7) is 1.42. The van der Waals surface area contributed by atoms with Gasteiger partial charge in [-0.15, -0.1) is 16.4 Å². The van der Waals surface area contributed by atoms with Crippen molar-refractivity contribution in [2.24, 2.45) is 0 Å². The van der Waals surface area contributed by atoms with Crippen molar-refractivity contribution in [2.45, 2.75) is 0 Å². The zero-order valence-electron chi connectivity index (χ0n) is 9.79. The fourth-order valence-electron chi connectivity index (χ4n) is 1.62. The molecule has 3 aromatic rings. The Labute approximate surface area is 112 Å². The third kappa shape index (κ3) is 2.12. The number of ether oxygens (including phenoxy) is 1. The Morgan fingerprint density at radius 2 is 2.44 bits per heavy atom. The van der Waals surface area contributed by atoms with E-state index in [-0.39, 0.29) is 0 Å². The van der Waals surface area contributed by atoms with E-state index in [9.17, 15) is 0 Å². The van der Waals surface area contributed by atoms with Gasteiger partial charge in [-0.2, -0.15) is 0 Å². The van der Waals surface area contributed by atoms with E-state index >= 15 is 0 Å². The van der Waals surface area contributed by atoms with Gasteiger partial charge in [-0.25, -0.2) is 9.50 Å². The molecule has 0 bridgehead atoms. The Balaban J connectivity index is 1.89. The van der Waals surface area contributed by atoms with Crippen molar-refractivity contribution in [3.63, 3.8) is 0 Å². The molecule has 0 aliphatic heterocycles. The van der Waals surface area contributed by atoms with Crippen LogP contribution in [0.2, 0.25) is 0 Å². The average Bonchev–Trinajstić information content (AvgIpc) is 3.03. The molecule has 0 aliphatic carbocycles. The fraction of sp³-hybridized carbons (Fsp3) is 0.273. The zero-order chi connectivity index (χ0) is 12.4. The van der Waals surface area contributed by atoms with E-state index in [1.54, 1.807) is 29.8 Å². The minimum Gasteiger partial charge on any atom is -0.383 e. The summed E-state index contributed by atoms with van der Waals surface area (Å²) in [4.78, 5) is 6.46. The molecule has 0 atom stereocenters. The number of nitrogens with one attached hydrogen (secondary N) is 1. The van der Waals surface area contributed by atoms with Crippen LogP contribution >= 0.6 is 22.7 Å². The van der Waals surface area contributed by atoms with Crippen LogP contribution in [-0.2, 0) is 4.74 Å². The maximum absolute atomic E-state index is 5.00. The third-order valence-corrected chi connectivity index (χ3v) is 4.21. The molecule has 3 rings (SSSR count). The molecule has 7 heteroatoms. The van der Waals surface area contributed by atoms with Crippen molar-refractivity contribution < 1.29 is 4.74 Å². The van der Waals surface area contributed by atoms with Gasteiger partial charge in [-0.1, -0.05) is 17.4 Å². The van der Waals surface area contributed by atoms with E-state index < -0.39 is 0 Å². The van der Waals surface area contributed by atoms with Gasteiger partial charge in [0, 0.05) is 13.7 Å². The maximum atomic E-state index is 5.00. The number of fused-ring (bicyclic) bond motifs is 1. The largest absolute Gasteiger partial charge is 0.383 e. The lowest BCUT2D eigenvalue weighted by Gasteiger charge is -1.99. The van der Waals surface area contributed by atoms with Crippen LogP contribution in [0.3, 0.4) is 0 Å². The maximum Gasteiger partial charge on any atom is 0.214 e. The number of anilines is 1. The van der Waals surface area contributed by atoms with Gasteiger partial charge >= 0.3 is 0 Å². The summed E-state index contributed by atoms with van der Waals surface area (Å²) >= 11 is 3.23. The van der Waals surface area contributed by atoms with Crippen LogP contribution in [0.4, 0.5) is 5.13 Å². The number of imidazole rings is 1. The van der Waals surface area contributed by atoms with Gasteiger partial charge in [0.1, 0.15) is 5.69 Å². The van der Waals surface area contributed by atoms with Crippen LogP contribution < -0.4 is 5.32 Å². The van der Waals surface area contributed by atoms with Crippen LogP contribution in [0.5, 0.6) is 0 Å². The lowest BCUT2D eigenvalue weighted by atomic mass is 10.4. The highest BCUT2D eigenvalue weighted by atomic mass is 32.1. The number of methoxy groups -OCH3 is 1. The Hall–Kier alpha value is -1.44. The van der Waals surface area contributed by atoms with Crippen LogP contribution in [0, 0.1) is 0 Å². The summed E-state index contributed by atoms with van der Waals surface area (Å²) in [7, 11) is 1.69. The highest BCUT2D eigenvalue weighted by molar-refractivity contribution is 7.20. The monoisotopic (exact) mass is 280 g/mol. The first-order valence-corrected chi connectivity index (χ1v) is 7.19. The minimum atomic E-state index is 0.666. The van der Waals surface area contributed by atoms with E-state index in [0.717, 1.165) is 22.3 Å². The number of aromatic nitrogens is 3. The summed E-state index contributed by atoms with van der Waals surface area (Å²) in [5.74, 6) is 0. The first kappa shape index (κ1) is 11.6. The van der Waals surface area contributed by atoms with Gasteiger partial charge in [0.2, 0.25) is 10.1 Å². The molecule has 0 unspecified atom stereocenters. The SMILES string of the molecule is COCCNc1nn2c(-c3cccs3)cnc2s1. The summed E-state index contributed by atoms with van der Waals surface area (Å²) in [5, 5.41) is 10.7. The smallest absolute Gasteiger partial charge is 0.214 e. The van der Waals surface area contributed by atoms with Crippen molar-refractivity contribution in [3.05, 3.63) is 23.7 Å². The molecule has 3 aromatic heterocycles. The van der Waals surface area contributed by atoms with Crippen LogP contribution in [0.25, 0.3) is 15.5 Å². The van der Waals surface area contributed by atoms with Crippen molar-refractivity contribution in [3.8, 4) is 10.6 Å². The van der Waals surface area contributed by atoms with Crippen molar-refractivity contribution in [1.29, 1.82) is 0 Å². The van der Waals surface area contributed by atoms with Gasteiger partial charge in [0.05, 0.1) is 17.7 Å². The highest BCUT2D eigenvalue weighted by Crippen LogP contribution is 2.28. The molecule has 18 heavy (non-hydrogen) atoms. The second kappa shape index (κ2) is 5.05. The van der Waals surface area contributed by atoms with E-state index in [1.165, 1.54) is 4.88 Å². The van der Waals surface area contributed by atoms with Crippen LogP contribution in [0.15, 0.2) is 23.7 Å². The second-order valence-corrected chi connectivity index (χ2v) is 5.55. The number of thiophene rings is 1. The summed E-state index contributed by atoms with van der Waals surface area (Å²) in [6, 6.07) is 4.11. The first-order chi connectivity index (χ1) is 8.88. The summed E-state index contributed by atoms with van der Waals surface area (Å²) < 4.78 is 6.88. The van der Waals surface area contributed by atoms with Gasteiger partial charge < -0.3 is 10.1 Å². The molecule has 0 saturated carbocycles. The first-order valence-electron chi connectivity index (χ1n) is 5.50. The topological polar surface area (TPSA) is 51.5 Å². The van der Waals surface area contributed by atoms with Crippen LogP contribution in [-0.4, -0.2) is 34.9 Å². The highest BCUT2D eigenvalue weighted by Gasteiger charge is 2.11. The van der Waals surface area contributed by atoms with E-state index in [4.69, 9.17) is 4.74 Å². The molecule has 3 heterocycles. The summed E-state index contributed by atoms with van der Waals surface area (Å²) in [6.07, 6.45) is 1.86. The molecule has 0 saturated heterocycles. The number of hydrogen-bond acceptors (Lipinski definition) is 6. The van der Waals surface area contributed by atoms with Gasteiger partial charge in [0.15, 0.2) is 0 Å². The van der Waals surface area contributed by atoms with E-state index in [0.29, 0.717) is 6.61 Å². The molecule has 0 amide bonds. The number of hydrogen-bond donors (Lipinski definition) is 1. The average molecular weight is 280 g/mol. The molecule has 0 aliphatic rings. The molecular weight excluding hydrogens is 268 g/mol. The Morgan fingerprint density at radius 1 is 1.50 bits per heavy atom. The van der Waals surface area contributed by atoms with Crippen LogP contribution in [0.1, 0.15) is 0 Å². The second-order valence-electron chi connectivity index (χ2n) is 3.64. The van der Waals surface area contributed by atoms with Gasteiger partial charge in [-0.3, -0.25) is 0 Å². The molecule has 1 N–H and O–H groups in total. The Morgan fingerprint density at radius 3 is 3.22 bits per heavy atom. The third-order valence-electron chi connectivity index (χ3n) is 2.44. The predicted octanol–water partition coefficient (Wildman–Crippen LogP) is 2.58.